The van der Waals surface area contributed by atoms with E-state index in [9.17, 15) is 14.4 Å². The first kappa shape index (κ1) is 18.5. The van der Waals surface area contributed by atoms with Gasteiger partial charge in [0.1, 0.15) is 12.1 Å². The Labute approximate surface area is 162 Å². The summed E-state index contributed by atoms with van der Waals surface area (Å²) in [5.41, 5.74) is 0.210. The highest BCUT2D eigenvalue weighted by Crippen LogP contribution is 2.10. The van der Waals surface area contributed by atoms with Gasteiger partial charge in [-0.25, -0.2) is 4.68 Å². The van der Waals surface area contributed by atoms with Crippen LogP contribution in [0.3, 0.4) is 0 Å². The van der Waals surface area contributed by atoms with Crippen molar-refractivity contribution in [2.24, 2.45) is 0 Å². The minimum absolute atomic E-state index is 0.122. The van der Waals surface area contributed by atoms with Crippen molar-refractivity contribution in [3.63, 3.8) is 0 Å². The zero-order valence-electron chi connectivity index (χ0n) is 15.8. The number of rotatable bonds is 4. The average molecular weight is 384 g/mol. The van der Waals surface area contributed by atoms with E-state index in [1.54, 1.807) is 29.2 Å². The number of hydrogen-bond acceptors (Lipinski definition) is 6. The molecular weight excluding hydrogens is 360 g/mol. The minimum Gasteiger partial charge on any atom is -0.342 e. The van der Waals surface area contributed by atoms with Gasteiger partial charge < -0.3 is 9.80 Å². The quantitative estimate of drug-likeness (QED) is 0.710. The summed E-state index contributed by atoms with van der Waals surface area (Å²) in [6.07, 6.45) is 2.18. The molecule has 148 valence electrons. The zero-order valence-corrected chi connectivity index (χ0v) is 15.8. The fourth-order valence-electron chi connectivity index (χ4n) is 3.77. The molecule has 0 unspecified atom stereocenters. The third-order valence-electron chi connectivity index (χ3n) is 5.46. The predicted octanol–water partition coefficient (Wildman–Crippen LogP) is -0.442. The summed E-state index contributed by atoms with van der Waals surface area (Å²) in [6, 6.07) is 6.96. The molecular formula is C19H24N6O3. The number of nitrogens with zero attached hydrogens (tertiary/aromatic N) is 6. The largest absolute Gasteiger partial charge is 0.342 e. The van der Waals surface area contributed by atoms with E-state index in [0.717, 1.165) is 30.6 Å². The van der Waals surface area contributed by atoms with Crippen LogP contribution in [0.4, 0.5) is 0 Å². The molecule has 2 aliphatic rings. The highest BCUT2D eigenvalue weighted by Gasteiger charge is 2.25. The Kier molecular flexibility index (Phi) is 5.34. The molecule has 2 aliphatic heterocycles. The molecule has 0 N–H and O–H groups in total. The van der Waals surface area contributed by atoms with Crippen molar-refractivity contribution in [3.8, 4) is 0 Å². The van der Waals surface area contributed by atoms with E-state index in [1.165, 1.54) is 0 Å². The van der Waals surface area contributed by atoms with Crippen molar-refractivity contribution in [2.75, 3.05) is 45.8 Å². The lowest BCUT2D eigenvalue weighted by atomic mass is 10.2. The second-order valence-corrected chi connectivity index (χ2v) is 7.31. The van der Waals surface area contributed by atoms with Gasteiger partial charge in [-0.2, -0.15) is 0 Å². The molecule has 28 heavy (non-hydrogen) atoms. The Hall–Kier alpha value is -2.81. The van der Waals surface area contributed by atoms with E-state index in [0.29, 0.717) is 43.6 Å². The molecule has 0 atom stereocenters. The second-order valence-electron chi connectivity index (χ2n) is 7.31. The van der Waals surface area contributed by atoms with Crippen LogP contribution in [0.25, 0.3) is 10.9 Å². The highest BCUT2D eigenvalue weighted by atomic mass is 16.2. The molecule has 3 heterocycles. The van der Waals surface area contributed by atoms with E-state index >= 15 is 0 Å². The summed E-state index contributed by atoms with van der Waals surface area (Å²) < 4.78 is 1.12. The lowest BCUT2D eigenvalue weighted by Crippen LogP contribution is -2.52. The van der Waals surface area contributed by atoms with Crippen molar-refractivity contribution in [2.45, 2.75) is 19.4 Å². The molecule has 2 amide bonds. The SMILES string of the molecule is O=C(CN1CCN(C(=O)Cn2nnc3ccccc3c2=O)CC1)N1CCCC1. The monoisotopic (exact) mass is 384 g/mol. The lowest BCUT2D eigenvalue weighted by molar-refractivity contribution is -0.135. The maximum atomic E-state index is 12.6. The zero-order chi connectivity index (χ0) is 19.5. The Bertz CT molecular complexity index is 929. The van der Waals surface area contributed by atoms with Crippen LogP contribution in [0.1, 0.15) is 12.8 Å². The van der Waals surface area contributed by atoms with Gasteiger partial charge in [0.2, 0.25) is 11.8 Å². The summed E-state index contributed by atoms with van der Waals surface area (Å²) >= 11 is 0. The first-order valence-electron chi connectivity index (χ1n) is 9.72. The average Bonchev–Trinajstić information content (AvgIpc) is 3.26. The summed E-state index contributed by atoms with van der Waals surface area (Å²) in [4.78, 5) is 43.1. The standard InChI is InChI=1S/C19H24N6O3/c26-17(23-7-3-4-8-23)13-22-9-11-24(12-10-22)18(27)14-25-19(28)15-5-1-2-6-16(15)20-21-25/h1-2,5-6H,3-4,7-14H2. The third-order valence-corrected chi connectivity index (χ3v) is 5.46. The van der Waals surface area contributed by atoms with E-state index in [-0.39, 0.29) is 23.9 Å². The number of hydrogen-bond donors (Lipinski definition) is 0. The summed E-state index contributed by atoms with van der Waals surface area (Å²) in [5.74, 6) is 0.0208. The van der Waals surface area contributed by atoms with Gasteiger partial charge in [-0.05, 0) is 25.0 Å². The molecule has 0 saturated carbocycles. The van der Waals surface area contributed by atoms with Crippen molar-refractivity contribution < 1.29 is 9.59 Å². The number of benzene rings is 1. The topological polar surface area (TPSA) is 91.6 Å². The molecule has 0 aliphatic carbocycles. The second kappa shape index (κ2) is 8.05. The van der Waals surface area contributed by atoms with Gasteiger partial charge in [0.15, 0.2) is 0 Å². The fourth-order valence-corrected chi connectivity index (χ4v) is 3.77. The van der Waals surface area contributed by atoms with Crippen LogP contribution in [0, 0.1) is 0 Å². The summed E-state index contributed by atoms with van der Waals surface area (Å²) in [6.45, 7) is 4.41. The number of likely N-dealkylation sites (tertiary alicyclic amines) is 1. The van der Waals surface area contributed by atoms with Crippen molar-refractivity contribution in [1.29, 1.82) is 0 Å². The van der Waals surface area contributed by atoms with Gasteiger partial charge in [0.25, 0.3) is 5.56 Å². The Morgan fingerprint density at radius 2 is 1.50 bits per heavy atom. The molecule has 0 bridgehead atoms. The molecule has 1 aromatic heterocycles. The predicted molar refractivity (Wildman–Crippen MR) is 103 cm³/mol. The Morgan fingerprint density at radius 1 is 0.857 bits per heavy atom. The summed E-state index contributed by atoms with van der Waals surface area (Å²) in [5, 5.41) is 8.35. The first-order chi connectivity index (χ1) is 13.6. The maximum Gasteiger partial charge on any atom is 0.278 e. The highest BCUT2D eigenvalue weighted by molar-refractivity contribution is 5.79. The van der Waals surface area contributed by atoms with Gasteiger partial charge in [0, 0.05) is 39.3 Å². The van der Waals surface area contributed by atoms with Gasteiger partial charge in [0.05, 0.1) is 11.9 Å². The molecule has 2 saturated heterocycles. The van der Waals surface area contributed by atoms with Crippen LogP contribution < -0.4 is 5.56 Å². The van der Waals surface area contributed by atoms with Gasteiger partial charge in [-0.15, -0.1) is 5.10 Å². The Balaban J connectivity index is 1.32. The fraction of sp³-hybridized carbons (Fsp3) is 0.526. The number of carbonyl (C=O) groups is 2. The van der Waals surface area contributed by atoms with Crippen molar-refractivity contribution in [3.05, 3.63) is 34.6 Å². The first-order valence-corrected chi connectivity index (χ1v) is 9.72. The molecule has 1 aromatic carbocycles. The van der Waals surface area contributed by atoms with Crippen LogP contribution in [0.2, 0.25) is 0 Å². The van der Waals surface area contributed by atoms with E-state index in [1.807, 2.05) is 4.90 Å². The van der Waals surface area contributed by atoms with Crippen LogP contribution in [0.5, 0.6) is 0 Å². The van der Waals surface area contributed by atoms with Crippen LogP contribution in [0.15, 0.2) is 29.1 Å². The van der Waals surface area contributed by atoms with E-state index in [4.69, 9.17) is 0 Å². The van der Waals surface area contributed by atoms with Gasteiger partial charge in [-0.1, -0.05) is 17.3 Å². The molecule has 4 rings (SSSR count). The van der Waals surface area contributed by atoms with Gasteiger partial charge >= 0.3 is 0 Å². The molecule has 0 radical (unpaired) electrons. The number of aromatic nitrogens is 3. The molecule has 2 fully saturated rings. The molecule has 0 spiro atoms. The number of amides is 2. The maximum absolute atomic E-state index is 12.6. The third kappa shape index (κ3) is 3.89. The Morgan fingerprint density at radius 3 is 2.25 bits per heavy atom. The number of piperazine rings is 1. The van der Waals surface area contributed by atoms with E-state index < -0.39 is 0 Å². The van der Waals surface area contributed by atoms with Crippen molar-refractivity contribution in [1.82, 2.24) is 29.7 Å². The summed E-state index contributed by atoms with van der Waals surface area (Å²) in [7, 11) is 0. The number of carbonyl (C=O) groups excluding carboxylic acids is 2. The van der Waals surface area contributed by atoms with Crippen LogP contribution >= 0.6 is 0 Å². The molecule has 9 nitrogen and oxygen atoms in total. The van der Waals surface area contributed by atoms with E-state index in [2.05, 4.69) is 15.2 Å². The smallest absolute Gasteiger partial charge is 0.278 e. The van der Waals surface area contributed by atoms with Gasteiger partial charge in [-0.3, -0.25) is 19.3 Å². The van der Waals surface area contributed by atoms with Crippen molar-refractivity contribution >= 4 is 22.7 Å². The number of fused-ring (bicyclic) bond motifs is 1. The normalized spacial score (nSPS) is 18.0. The lowest BCUT2D eigenvalue weighted by Gasteiger charge is -2.35. The van der Waals surface area contributed by atoms with Crippen LogP contribution in [-0.2, 0) is 16.1 Å². The minimum atomic E-state index is -0.311. The molecule has 2 aromatic rings. The molecule has 9 heteroatoms. The van der Waals surface area contributed by atoms with Crippen LogP contribution in [-0.4, -0.2) is 87.3 Å².